The Bertz CT molecular complexity index is 185. The minimum absolute atomic E-state index is 0.285. The normalized spacial score (nSPS) is 11.4. The first-order valence-corrected chi connectivity index (χ1v) is 5.04. The van der Waals surface area contributed by atoms with Gasteiger partial charge in [0.1, 0.15) is 0 Å². The zero-order chi connectivity index (χ0) is 12.2. The summed E-state index contributed by atoms with van der Waals surface area (Å²) >= 11 is 10.2. The first-order chi connectivity index (χ1) is 5.89. The molecule has 0 aliphatic heterocycles. The second kappa shape index (κ2) is 5.72. The van der Waals surface area contributed by atoms with Crippen molar-refractivity contribution in [3.8, 4) is 0 Å². The lowest BCUT2D eigenvalue weighted by Crippen LogP contribution is -2.13. The fourth-order valence-corrected chi connectivity index (χ4v) is 0. The molecule has 0 aromatic carbocycles. The average molecular weight is 241 g/mol. The summed E-state index contributed by atoms with van der Waals surface area (Å²) in [4.78, 5) is 20.5. The van der Waals surface area contributed by atoms with Gasteiger partial charge in [-0.1, -0.05) is 41.5 Å². The third-order valence-electron chi connectivity index (χ3n) is 1.18. The van der Waals surface area contributed by atoms with Crippen molar-refractivity contribution in [1.82, 2.24) is 0 Å². The van der Waals surface area contributed by atoms with Crippen molar-refractivity contribution >= 4 is 33.7 Å². The molecule has 0 unspecified atom stereocenters. The van der Waals surface area contributed by atoms with Gasteiger partial charge < -0.3 is 0 Å². The smallest absolute Gasteiger partial charge is 0.226 e. The number of hydrogen-bond donors (Lipinski definition) is 0. The summed E-state index contributed by atoms with van der Waals surface area (Å²) in [6, 6.07) is 0. The molecule has 2 nitrogen and oxygen atoms in total. The van der Waals surface area contributed by atoms with E-state index in [-0.39, 0.29) is 21.3 Å². The van der Waals surface area contributed by atoms with Gasteiger partial charge in [-0.05, 0) is 23.2 Å². The molecule has 0 atom stereocenters. The van der Waals surface area contributed by atoms with Crippen LogP contribution in [0.5, 0.6) is 0 Å². The SMILES string of the molecule is CC(C)(C)C(=O)Cl.CC(C)(C)C(=O)Cl. The maximum Gasteiger partial charge on any atom is 0.226 e. The average Bonchev–Trinajstić information content (AvgIpc) is 1.83. The van der Waals surface area contributed by atoms with Crippen molar-refractivity contribution in [2.24, 2.45) is 10.8 Å². The number of hydrogen-bond acceptors (Lipinski definition) is 2. The zero-order valence-electron chi connectivity index (χ0n) is 9.57. The highest BCUT2D eigenvalue weighted by Gasteiger charge is 2.18. The van der Waals surface area contributed by atoms with Crippen molar-refractivity contribution in [2.75, 3.05) is 0 Å². The molecule has 14 heavy (non-hydrogen) atoms. The number of halogens is 2. The minimum atomic E-state index is -0.373. The van der Waals surface area contributed by atoms with E-state index in [4.69, 9.17) is 23.2 Å². The van der Waals surface area contributed by atoms with E-state index < -0.39 is 0 Å². The number of carbonyl (C=O) groups excluding carboxylic acids is 2. The molecule has 0 saturated heterocycles. The van der Waals surface area contributed by atoms with E-state index in [0.29, 0.717) is 0 Å². The van der Waals surface area contributed by atoms with Crippen LogP contribution in [0.4, 0.5) is 0 Å². The van der Waals surface area contributed by atoms with Crippen LogP contribution in [0.1, 0.15) is 41.5 Å². The van der Waals surface area contributed by atoms with E-state index in [9.17, 15) is 9.59 Å². The molecule has 0 fully saturated rings. The Morgan fingerprint density at radius 3 is 0.786 bits per heavy atom. The second-order valence-corrected chi connectivity index (χ2v) is 5.73. The molecule has 0 saturated carbocycles. The fraction of sp³-hybridized carbons (Fsp3) is 0.800. The number of carbonyl (C=O) groups is 2. The van der Waals surface area contributed by atoms with Gasteiger partial charge in [-0.25, -0.2) is 0 Å². The van der Waals surface area contributed by atoms with Gasteiger partial charge >= 0.3 is 0 Å². The molecule has 0 rings (SSSR count). The lowest BCUT2D eigenvalue weighted by Gasteiger charge is -2.08. The van der Waals surface area contributed by atoms with Gasteiger partial charge in [0.05, 0.1) is 0 Å². The van der Waals surface area contributed by atoms with Crippen molar-refractivity contribution in [3.63, 3.8) is 0 Å². The van der Waals surface area contributed by atoms with E-state index in [0.717, 1.165) is 0 Å². The maximum absolute atomic E-state index is 10.2. The van der Waals surface area contributed by atoms with E-state index in [1.54, 1.807) is 41.5 Å². The molecule has 0 aromatic heterocycles. The lowest BCUT2D eigenvalue weighted by molar-refractivity contribution is -0.118. The summed E-state index contributed by atoms with van der Waals surface area (Å²) in [5.41, 5.74) is -0.747. The van der Waals surface area contributed by atoms with Crippen LogP contribution in [0.3, 0.4) is 0 Å². The molecular formula is C10H18Cl2O2. The van der Waals surface area contributed by atoms with Crippen LogP contribution in [-0.2, 0) is 9.59 Å². The molecule has 0 amide bonds. The standard InChI is InChI=1S/2C5H9ClO/c2*1-5(2,3)4(6)7/h2*1-3H3. The predicted molar refractivity (Wildman–Crippen MR) is 60.6 cm³/mol. The van der Waals surface area contributed by atoms with Crippen LogP contribution in [-0.4, -0.2) is 10.5 Å². The van der Waals surface area contributed by atoms with E-state index in [1.165, 1.54) is 0 Å². The maximum atomic E-state index is 10.2. The molecule has 84 valence electrons. The van der Waals surface area contributed by atoms with Crippen molar-refractivity contribution < 1.29 is 9.59 Å². The Labute approximate surface area is 96.0 Å². The summed E-state index contributed by atoms with van der Waals surface area (Å²) in [5, 5.41) is -0.569. The van der Waals surface area contributed by atoms with Crippen LogP contribution in [0, 0.1) is 10.8 Å². The third kappa shape index (κ3) is 10.0. The summed E-state index contributed by atoms with van der Waals surface area (Å²) in [6.45, 7) is 10.7. The molecule has 0 spiro atoms. The third-order valence-corrected chi connectivity index (χ3v) is 2.31. The molecule has 0 aromatic rings. The second-order valence-electron chi connectivity index (χ2n) is 5.05. The van der Waals surface area contributed by atoms with Crippen molar-refractivity contribution in [2.45, 2.75) is 41.5 Å². The van der Waals surface area contributed by atoms with Gasteiger partial charge in [0.25, 0.3) is 0 Å². The number of rotatable bonds is 0. The Morgan fingerprint density at radius 2 is 0.786 bits per heavy atom. The van der Waals surface area contributed by atoms with Crippen molar-refractivity contribution in [3.05, 3.63) is 0 Å². The molecule has 0 radical (unpaired) electrons. The Balaban J connectivity index is 0. The fourth-order valence-electron chi connectivity index (χ4n) is 0. The monoisotopic (exact) mass is 240 g/mol. The van der Waals surface area contributed by atoms with Gasteiger partial charge in [-0.2, -0.15) is 0 Å². The lowest BCUT2D eigenvalue weighted by atomic mass is 10.00. The van der Waals surface area contributed by atoms with Gasteiger partial charge in [0, 0.05) is 10.8 Å². The van der Waals surface area contributed by atoms with Gasteiger partial charge in [-0.15, -0.1) is 0 Å². The first kappa shape index (κ1) is 16.4. The predicted octanol–water partition coefficient (Wildman–Crippen LogP) is 3.60. The first-order valence-electron chi connectivity index (χ1n) is 4.29. The van der Waals surface area contributed by atoms with Crippen LogP contribution in [0.25, 0.3) is 0 Å². The van der Waals surface area contributed by atoms with Gasteiger partial charge in [-0.3, -0.25) is 9.59 Å². The summed E-state index contributed by atoms with van der Waals surface area (Å²) in [5.74, 6) is 0. The Morgan fingerprint density at radius 1 is 0.714 bits per heavy atom. The van der Waals surface area contributed by atoms with E-state index >= 15 is 0 Å². The molecule has 0 aliphatic rings. The van der Waals surface area contributed by atoms with E-state index in [1.807, 2.05) is 0 Å². The molecule has 0 aliphatic carbocycles. The van der Waals surface area contributed by atoms with Crippen LogP contribution in [0.2, 0.25) is 0 Å². The highest BCUT2D eigenvalue weighted by atomic mass is 35.5. The van der Waals surface area contributed by atoms with Crippen LogP contribution >= 0.6 is 23.2 Å². The zero-order valence-corrected chi connectivity index (χ0v) is 11.1. The summed E-state index contributed by atoms with van der Waals surface area (Å²) < 4.78 is 0. The molecule has 0 bridgehead atoms. The van der Waals surface area contributed by atoms with Crippen LogP contribution < -0.4 is 0 Å². The Hall–Kier alpha value is -0.0800. The van der Waals surface area contributed by atoms with Crippen molar-refractivity contribution in [1.29, 1.82) is 0 Å². The molecule has 0 N–H and O–H groups in total. The van der Waals surface area contributed by atoms with Crippen LogP contribution in [0.15, 0.2) is 0 Å². The summed E-state index contributed by atoms with van der Waals surface area (Å²) in [6.07, 6.45) is 0. The minimum Gasteiger partial charge on any atom is -0.281 e. The molecular weight excluding hydrogens is 223 g/mol. The largest absolute Gasteiger partial charge is 0.281 e. The Kier molecular flexibility index (Phi) is 6.68. The highest BCUT2D eigenvalue weighted by Crippen LogP contribution is 2.16. The highest BCUT2D eigenvalue weighted by molar-refractivity contribution is 6.64. The van der Waals surface area contributed by atoms with E-state index in [2.05, 4.69) is 0 Å². The summed E-state index contributed by atoms with van der Waals surface area (Å²) in [7, 11) is 0. The van der Waals surface area contributed by atoms with Gasteiger partial charge in [0.2, 0.25) is 10.5 Å². The quantitative estimate of drug-likeness (QED) is 0.607. The van der Waals surface area contributed by atoms with Gasteiger partial charge in [0.15, 0.2) is 0 Å². The topological polar surface area (TPSA) is 34.1 Å². The molecule has 4 heteroatoms. The molecule has 0 heterocycles.